The summed E-state index contributed by atoms with van der Waals surface area (Å²) in [6, 6.07) is 8.45. The molecule has 0 saturated heterocycles. The van der Waals surface area contributed by atoms with Gasteiger partial charge in [-0.25, -0.2) is 4.98 Å². The molecule has 0 unspecified atom stereocenters. The highest BCUT2D eigenvalue weighted by molar-refractivity contribution is 6.33. The molecule has 0 aliphatic heterocycles. The van der Waals surface area contributed by atoms with Crippen LogP contribution in [0.25, 0.3) is 0 Å². The molecule has 2 nitrogen and oxygen atoms in total. The van der Waals surface area contributed by atoms with Crippen molar-refractivity contribution in [2.45, 2.75) is 12.6 Å². The van der Waals surface area contributed by atoms with Gasteiger partial charge in [-0.05, 0) is 23.8 Å². The van der Waals surface area contributed by atoms with Crippen molar-refractivity contribution in [1.29, 1.82) is 0 Å². The van der Waals surface area contributed by atoms with E-state index in [1.807, 2.05) is 0 Å². The van der Waals surface area contributed by atoms with E-state index in [0.717, 1.165) is 12.1 Å². The van der Waals surface area contributed by atoms with Crippen LogP contribution in [-0.2, 0) is 12.6 Å². The summed E-state index contributed by atoms with van der Waals surface area (Å²) >= 11 is 11.6. The zero-order valence-electron chi connectivity index (χ0n) is 10.4. The standard InChI is InChI=1S/C14H8Cl2F3NO/c15-10-4-2-1-3-8(10)7-11(21)9-5-6-12(14(17,18)19)20-13(9)16/h1-6H,7H2. The summed E-state index contributed by atoms with van der Waals surface area (Å²) in [5.41, 5.74) is -0.633. The number of aromatic nitrogens is 1. The number of pyridine rings is 1. The van der Waals surface area contributed by atoms with E-state index < -0.39 is 22.8 Å². The van der Waals surface area contributed by atoms with Crippen LogP contribution in [0.4, 0.5) is 13.2 Å². The summed E-state index contributed by atoms with van der Waals surface area (Å²) in [6.07, 6.45) is -4.67. The highest BCUT2D eigenvalue weighted by Crippen LogP contribution is 2.30. The van der Waals surface area contributed by atoms with Crippen LogP contribution in [-0.4, -0.2) is 10.8 Å². The van der Waals surface area contributed by atoms with Crippen molar-refractivity contribution in [2.75, 3.05) is 0 Å². The normalized spacial score (nSPS) is 11.5. The average Bonchev–Trinajstić information content (AvgIpc) is 2.40. The molecule has 21 heavy (non-hydrogen) atoms. The van der Waals surface area contributed by atoms with Gasteiger partial charge in [0.15, 0.2) is 5.78 Å². The number of hydrogen-bond donors (Lipinski definition) is 0. The lowest BCUT2D eigenvalue weighted by atomic mass is 10.0. The van der Waals surface area contributed by atoms with E-state index in [2.05, 4.69) is 4.98 Å². The number of carbonyl (C=O) groups is 1. The highest BCUT2D eigenvalue weighted by Gasteiger charge is 2.33. The molecule has 0 atom stereocenters. The molecule has 2 rings (SSSR count). The second-order valence-corrected chi connectivity index (χ2v) is 4.99. The third kappa shape index (κ3) is 3.74. The van der Waals surface area contributed by atoms with E-state index in [4.69, 9.17) is 23.2 Å². The molecule has 110 valence electrons. The number of ketones is 1. The first-order valence-electron chi connectivity index (χ1n) is 5.79. The Bertz CT molecular complexity index is 686. The van der Waals surface area contributed by atoms with Crippen molar-refractivity contribution in [2.24, 2.45) is 0 Å². The van der Waals surface area contributed by atoms with Gasteiger partial charge in [-0.2, -0.15) is 13.2 Å². The molecule has 0 N–H and O–H groups in total. The largest absolute Gasteiger partial charge is 0.433 e. The van der Waals surface area contributed by atoms with Crippen molar-refractivity contribution < 1.29 is 18.0 Å². The lowest BCUT2D eigenvalue weighted by molar-refractivity contribution is -0.141. The lowest BCUT2D eigenvalue weighted by Gasteiger charge is -2.09. The van der Waals surface area contributed by atoms with Crippen LogP contribution in [0.2, 0.25) is 10.2 Å². The molecule has 0 aliphatic rings. The SMILES string of the molecule is O=C(Cc1ccccc1Cl)c1ccc(C(F)(F)F)nc1Cl. The maximum absolute atomic E-state index is 12.5. The summed E-state index contributed by atoms with van der Waals surface area (Å²) < 4.78 is 37.4. The molecule has 1 heterocycles. The molecule has 0 aliphatic carbocycles. The Morgan fingerprint density at radius 1 is 1.10 bits per heavy atom. The van der Waals surface area contributed by atoms with Gasteiger partial charge in [0.2, 0.25) is 0 Å². The first-order chi connectivity index (χ1) is 9.79. The Labute approximate surface area is 128 Å². The van der Waals surface area contributed by atoms with E-state index in [9.17, 15) is 18.0 Å². The lowest BCUT2D eigenvalue weighted by Crippen LogP contribution is -2.11. The molecule has 0 amide bonds. The van der Waals surface area contributed by atoms with Gasteiger partial charge in [0, 0.05) is 11.4 Å². The summed E-state index contributed by atoms with van der Waals surface area (Å²) in [5, 5.41) is -0.0660. The van der Waals surface area contributed by atoms with Gasteiger partial charge in [-0.1, -0.05) is 41.4 Å². The smallest absolute Gasteiger partial charge is 0.294 e. The van der Waals surface area contributed by atoms with Crippen molar-refractivity contribution >= 4 is 29.0 Å². The minimum Gasteiger partial charge on any atom is -0.294 e. The second-order valence-electron chi connectivity index (χ2n) is 4.22. The Hall–Kier alpha value is -1.59. The van der Waals surface area contributed by atoms with Gasteiger partial charge in [-0.3, -0.25) is 4.79 Å². The zero-order valence-corrected chi connectivity index (χ0v) is 11.9. The van der Waals surface area contributed by atoms with Crippen LogP contribution in [0.15, 0.2) is 36.4 Å². The first-order valence-corrected chi connectivity index (χ1v) is 6.55. The van der Waals surface area contributed by atoms with Crippen LogP contribution < -0.4 is 0 Å². The summed E-state index contributed by atoms with van der Waals surface area (Å²) in [5.74, 6) is -0.450. The number of nitrogens with zero attached hydrogens (tertiary/aromatic N) is 1. The third-order valence-electron chi connectivity index (χ3n) is 2.75. The molecule has 0 bridgehead atoms. The van der Waals surface area contributed by atoms with Gasteiger partial charge in [-0.15, -0.1) is 0 Å². The van der Waals surface area contributed by atoms with Crippen molar-refractivity contribution in [1.82, 2.24) is 4.98 Å². The molecule has 7 heteroatoms. The molecule has 0 saturated carbocycles. The number of benzene rings is 1. The van der Waals surface area contributed by atoms with E-state index in [-0.39, 0.29) is 12.0 Å². The number of rotatable bonds is 3. The molecule has 0 spiro atoms. The van der Waals surface area contributed by atoms with Gasteiger partial charge in [0.1, 0.15) is 10.8 Å². The summed E-state index contributed by atoms with van der Waals surface area (Å²) in [6.45, 7) is 0. The van der Waals surface area contributed by atoms with Crippen molar-refractivity contribution in [3.8, 4) is 0 Å². The van der Waals surface area contributed by atoms with Gasteiger partial charge in [0.25, 0.3) is 0 Å². The molecule has 0 fully saturated rings. The van der Waals surface area contributed by atoms with E-state index in [1.54, 1.807) is 24.3 Å². The topological polar surface area (TPSA) is 30.0 Å². The molecule has 1 aromatic carbocycles. The molecule has 2 aromatic rings. The van der Waals surface area contributed by atoms with Gasteiger partial charge < -0.3 is 0 Å². The van der Waals surface area contributed by atoms with Crippen LogP contribution in [0.3, 0.4) is 0 Å². The molecule has 0 radical (unpaired) electrons. The monoisotopic (exact) mass is 333 g/mol. The predicted octanol–water partition coefficient (Wildman–Crippen LogP) is 4.83. The Balaban J connectivity index is 2.26. The number of alkyl halides is 3. The minimum absolute atomic E-state index is 0.0631. The highest BCUT2D eigenvalue weighted by atomic mass is 35.5. The predicted molar refractivity (Wildman–Crippen MR) is 73.7 cm³/mol. The fourth-order valence-corrected chi connectivity index (χ4v) is 2.17. The average molecular weight is 334 g/mol. The first kappa shape index (κ1) is 15.8. The van der Waals surface area contributed by atoms with Crippen LogP contribution in [0, 0.1) is 0 Å². The quantitative estimate of drug-likeness (QED) is 0.594. The number of carbonyl (C=O) groups excluding carboxylic acids is 1. The Morgan fingerprint density at radius 3 is 2.33 bits per heavy atom. The summed E-state index contributed by atoms with van der Waals surface area (Å²) in [7, 11) is 0. The Kier molecular flexibility index (Phi) is 4.54. The number of halogens is 5. The van der Waals surface area contributed by atoms with E-state index >= 15 is 0 Å². The number of hydrogen-bond acceptors (Lipinski definition) is 2. The fraction of sp³-hybridized carbons (Fsp3) is 0.143. The minimum atomic E-state index is -4.60. The molecule has 1 aromatic heterocycles. The molecular weight excluding hydrogens is 326 g/mol. The van der Waals surface area contributed by atoms with Gasteiger partial charge in [0.05, 0.1) is 5.56 Å². The number of Topliss-reactive ketones (excluding diaryl/α,β-unsaturated/α-hetero) is 1. The van der Waals surface area contributed by atoms with Gasteiger partial charge >= 0.3 is 6.18 Å². The molecular formula is C14H8Cl2F3NO. The Morgan fingerprint density at radius 2 is 1.76 bits per heavy atom. The maximum atomic E-state index is 12.5. The van der Waals surface area contributed by atoms with Crippen LogP contribution >= 0.6 is 23.2 Å². The summed E-state index contributed by atoms with van der Waals surface area (Å²) in [4.78, 5) is 15.3. The van der Waals surface area contributed by atoms with Crippen LogP contribution in [0.5, 0.6) is 0 Å². The van der Waals surface area contributed by atoms with Crippen LogP contribution in [0.1, 0.15) is 21.6 Å². The van der Waals surface area contributed by atoms with E-state index in [1.165, 1.54) is 0 Å². The maximum Gasteiger partial charge on any atom is 0.433 e. The van der Waals surface area contributed by atoms with E-state index in [0.29, 0.717) is 10.6 Å². The second kappa shape index (κ2) is 6.03. The fourth-order valence-electron chi connectivity index (χ4n) is 1.71. The zero-order chi connectivity index (χ0) is 15.6. The van der Waals surface area contributed by atoms with Crippen molar-refractivity contribution in [3.63, 3.8) is 0 Å². The third-order valence-corrected chi connectivity index (χ3v) is 3.41. The van der Waals surface area contributed by atoms with Crippen molar-refractivity contribution in [3.05, 3.63) is 63.4 Å².